The SMILES string of the molecule is Cc1ccc(S(=O)(=O)NCCC(=O)NCC(=O)N2CCCc3ccccc32)cc1. The summed E-state index contributed by atoms with van der Waals surface area (Å²) >= 11 is 0. The number of para-hydroxylation sites is 1. The molecule has 0 atom stereocenters. The normalized spacial score (nSPS) is 13.6. The van der Waals surface area contributed by atoms with Crippen molar-refractivity contribution in [3.8, 4) is 0 Å². The molecule has 0 saturated carbocycles. The Labute approximate surface area is 171 Å². The highest BCUT2D eigenvalue weighted by Gasteiger charge is 2.22. The molecule has 0 radical (unpaired) electrons. The maximum absolute atomic E-state index is 12.5. The van der Waals surface area contributed by atoms with Crippen LogP contribution >= 0.6 is 0 Å². The summed E-state index contributed by atoms with van der Waals surface area (Å²) in [6, 6.07) is 14.2. The topological polar surface area (TPSA) is 95.6 Å². The van der Waals surface area contributed by atoms with Gasteiger partial charge in [-0.05, 0) is 43.5 Å². The fourth-order valence-corrected chi connectivity index (χ4v) is 4.28. The van der Waals surface area contributed by atoms with E-state index in [4.69, 9.17) is 0 Å². The molecule has 0 unspecified atom stereocenters. The molecule has 2 amide bonds. The van der Waals surface area contributed by atoms with Crippen LogP contribution in [0.3, 0.4) is 0 Å². The summed E-state index contributed by atoms with van der Waals surface area (Å²) in [7, 11) is -3.66. The van der Waals surface area contributed by atoms with Crippen molar-refractivity contribution in [2.45, 2.75) is 31.1 Å². The van der Waals surface area contributed by atoms with Crippen molar-refractivity contribution in [1.82, 2.24) is 10.0 Å². The van der Waals surface area contributed by atoms with Crippen molar-refractivity contribution >= 4 is 27.5 Å². The summed E-state index contributed by atoms with van der Waals surface area (Å²) < 4.78 is 26.8. The molecule has 1 heterocycles. The molecule has 0 bridgehead atoms. The molecule has 0 aromatic heterocycles. The van der Waals surface area contributed by atoms with E-state index in [9.17, 15) is 18.0 Å². The Hall–Kier alpha value is -2.71. The molecule has 2 aromatic rings. The van der Waals surface area contributed by atoms with E-state index >= 15 is 0 Å². The Balaban J connectivity index is 1.46. The Morgan fingerprint density at radius 2 is 1.79 bits per heavy atom. The lowest BCUT2D eigenvalue weighted by Crippen LogP contribution is -2.43. The fraction of sp³-hybridized carbons (Fsp3) is 0.333. The number of hydrogen-bond donors (Lipinski definition) is 2. The summed E-state index contributed by atoms with van der Waals surface area (Å²) in [5.74, 6) is -0.555. The second kappa shape index (κ2) is 9.19. The number of nitrogens with one attached hydrogen (secondary N) is 2. The number of rotatable bonds is 7. The first-order chi connectivity index (χ1) is 13.9. The second-order valence-electron chi connectivity index (χ2n) is 7.02. The number of benzene rings is 2. The Bertz CT molecular complexity index is 987. The van der Waals surface area contributed by atoms with Crippen LogP contribution in [0.5, 0.6) is 0 Å². The van der Waals surface area contributed by atoms with Crippen molar-refractivity contribution in [3.05, 3.63) is 59.7 Å². The van der Waals surface area contributed by atoms with Gasteiger partial charge in [0.1, 0.15) is 0 Å². The molecule has 2 N–H and O–H groups in total. The van der Waals surface area contributed by atoms with Crippen molar-refractivity contribution in [2.24, 2.45) is 0 Å². The molecule has 7 nitrogen and oxygen atoms in total. The monoisotopic (exact) mass is 415 g/mol. The summed E-state index contributed by atoms with van der Waals surface area (Å²) in [6.45, 7) is 2.35. The number of sulfonamides is 1. The molecule has 1 aliphatic heterocycles. The van der Waals surface area contributed by atoms with E-state index in [0.717, 1.165) is 29.7 Å². The van der Waals surface area contributed by atoms with Crippen LogP contribution in [0.1, 0.15) is 24.0 Å². The number of amides is 2. The number of carbonyl (C=O) groups excluding carboxylic acids is 2. The van der Waals surface area contributed by atoms with Gasteiger partial charge in [-0.15, -0.1) is 0 Å². The van der Waals surface area contributed by atoms with E-state index in [2.05, 4.69) is 10.0 Å². The molecule has 8 heteroatoms. The van der Waals surface area contributed by atoms with Crippen LogP contribution in [0, 0.1) is 6.92 Å². The zero-order chi connectivity index (χ0) is 20.9. The van der Waals surface area contributed by atoms with Crippen LogP contribution in [-0.2, 0) is 26.0 Å². The Kier molecular flexibility index (Phi) is 6.66. The van der Waals surface area contributed by atoms with Gasteiger partial charge in [-0.3, -0.25) is 9.59 Å². The fourth-order valence-electron chi connectivity index (χ4n) is 3.25. The van der Waals surface area contributed by atoms with Gasteiger partial charge in [-0.25, -0.2) is 13.1 Å². The predicted molar refractivity (Wildman–Crippen MR) is 111 cm³/mol. The molecule has 0 saturated heterocycles. The zero-order valence-electron chi connectivity index (χ0n) is 16.3. The minimum absolute atomic E-state index is 0.0389. The van der Waals surface area contributed by atoms with Gasteiger partial charge in [0.05, 0.1) is 11.4 Å². The van der Waals surface area contributed by atoms with Crippen LogP contribution < -0.4 is 14.9 Å². The number of aryl methyl sites for hydroxylation is 2. The number of carbonyl (C=O) groups is 2. The van der Waals surface area contributed by atoms with Gasteiger partial charge in [0, 0.05) is 25.2 Å². The largest absolute Gasteiger partial charge is 0.347 e. The van der Waals surface area contributed by atoms with E-state index in [0.29, 0.717) is 6.54 Å². The third-order valence-electron chi connectivity index (χ3n) is 4.82. The first-order valence-corrected chi connectivity index (χ1v) is 11.1. The second-order valence-corrected chi connectivity index (χ2v) is 8.78. The molecule has 154 valence electrons. The highest BCUT2D eigenvalue weighted by molar-refractivity contribution is 7.89. The molecule has 0 spiro atoms. The molecule has 3 rings (SSSR count). The molecule has 0 fully saturated rings. The summed E-state index contributed by atoms with van der Waals surface area (Å²) in [5, 5.41) is 2.58. The predicted octanol–water partition coefficient (Wildman–Crippen LogP) is 1.76. The summed E-state index contributed by atoms with van der Waals surface area (Å²) in [6.07, 6.45) is 1.78. The van der Waals surface area contributed by atoms with Crippen LogP contribution in [-0.4, -0.2) is 39.9 Å². The Morgan fingerprint density at radius 1 is 1.07 bits per heavy atom. The molecule has 1 aliphatic rings. The number of anilines is 1. The first-order valence-electron chi connectivity index (χ1n) is 9.58. The number of hydrogen-bond acceptors (Lipinski definition) is 4. The standard InChI is InChI=1S/C21H25N3O4S/c1-16-8-10-18(11-9-16)29(27,28)23-13-12-20(25)22-15-21(26)24-14-4-6-17-5-2-3-7-19(17)24/h2-3,5,7-11,23H,4,6,12-15H2,1H3,(H,22,25). The van der Waals surface area contributed by atoms with E-state index in [1.54, 1.807) is 17.0 Å². The third kappa shape index (κ3) is 5.42. The van der Waals surface area contributed by atoms with Crippen LogP contribution in [0.2, 0.25) is 0 Å². The average molecular weight is 416 g/mol. The van der Waals surface area contributed by atoms with Crippen molar-refractivity contribution in [3.63, 3.8) is 0 Å². The molecule has 2 aromatic carbocycles. The quantitative estimate of drug-likeness (QED) is 0.720. The lowest BCUT2D eigenvalue weighted by atomic mass is 10.0. The van der Waals surface area contributed by atoms with E-state index in [-0.39, 0.29) is 36.2 Å². The molecular formula is C21H25N3O4S. The Morgan fingerprint density at radius 3 is 2.55 bits per heavy atom. The van der Waals surface area contributed by atoms with Gasteiger partial charge in [-0.2, -0.15) is 0 Å². The molecule has 29 heavy (non-hydrogen) atoms. The lowest BCUT2D eigenvalue weighted by Gasteiger charge is -2.29. The third-order valence-corrected chi connectivity index (χ3v) is 6.30. The highest BCUT2D eigenvalue weighted by atomic mass is 32.2. The van der Waals surface area contributed by atoms with Crippen molar-refractivity contribution in [1.29, 1.82) is 0 Å². The first kappa shape index (κ1) is 21.0. The van der Waals surface area contributed by atoms with E-state index in [1.807, 2.05) is 31.2 Å². The summed E-state index contributed by atoms with van der Waals surface area (Å²) in [5.41, 5.74) is 2.98. The maximum atomic E-state index is 12.5. The van der Waals surface area contributed by atoms with E-state index < -0.39 is 10.0 Å². The van der Waals surface area contributed by atoms with Crippen LogP contribution in [0.4, 0.5) is 5.69 Å². The number of fused-ring (bicyclic) bond motifs is 1. The zero-order valence-corrected chi connectivity index (χ0v) is 17.2. The van der Waals surface area contributed by atoms with Gasteiger partial charge in [0.15, 0.2) is 0 Å². The van der Waals surface area contributed by atoms with Crippen LogP contribution in [0.15, 0.2) is 53.4 Å². The van der Waals surface area contributed by atoms with Gasteiger partial charge < -0.3 is 10.2 Å². The lowest BCUT2D eigenvalue weighted by molar-refractivity contribution is -0.124. The molecule has 0 aliphatic carbocycles. The van der Waals surface area contributed by atoms with Gasteiger partial charge >= 0.3 is 0 Å². The smallest absolute Gasteiger partial charge is 0.246 e. The number of nitrogens with zero attached hydrogens (tertiary/aromatic N) is 1. The van der Waals surface area contributed by atoms with Gasteiger partial charge in [0.2, 0.25) is 21.8 Å². The van der Waals surface area contributed by atoms with Gasteiger partial charge in [-0.1, -0.05) is 35.9 Å². The van der Waals surface area contributed by atoms with E-state index in [1.165, 1.54) is 12.1 Å². The average Bonchev–Trinajstić information content (AvgIpc) is 2.71. The van der Waals surface area contributed by atoms with Crippen molar-refractivity contribution < 1.29 is 18.0 Å². The minimum Gasteiger partial charge on any atom is -0.347 e. The molecular weight excluding hydrogens is 390 g/mol. The highest BCUT2D eigenvalue weighted by Crippen LogP contribution is 2.26. The summed E-state index contributed by atoms with van der Waals surface area (Å²) in [4.78, 5) is 26.4. The van der Waals surface area contributed by atoms with Crippen LogP contribution in [0.25, 0.3) is 0 Å². The van der Waals surface area contributed by atoms with Crippen molar-refractivity contribution in [2.75, 3.05) is 24.5 Å². The van der Waals surface area contributed by atoms with Gasteiger partial charge in [0.25, 0.3) is 0 Å². The maximum Gasteiger partial charge on any atom is 0.246 e. The minimum atomic E-state index is -3.66.